The number of anilines is 1. The van der Waals surface area contributed by atoms with E-state index in [1.807, 2.05) is 24.3 Å². The lowest BCUT2D eigenvalue weighted by Gasteiger charge is -2.11. The van der Waals surface area contributed by atoms with Gasteiger partial charge in [0.05, 0.1) is 18.8 Å². The minimum atomic E-state index is 0.505. The van der Waals surface area contributed by atoms with Crippen LogP contribution in [0.2, 0.25) is 0 Å². The Kier molecular flexibility index (Phi) is 6.13. The molecule has 0 saturated heterocycles. The van der Waals surface area contributed by atoms with Crippen LogP contribution in [0.4, 0.5) is 5.82 Å². The van der Waals surface area contributed by atoms with Crippen molar-refractivity contribution in [1.82, 2.24) is 15.0 Å². The second-order valence-corrected chi connectivity index (χ2v) is 5.63. The second-order valence-electron chi connectivity index (χ2n) is 5.63. The first-order valence-corrected chi connectivity index (χ1v) is 7.82. The quantitative estimate of drug-likeness (QED) is 0.809. The number of pyridine rings is 1. The predicted octanol–water partition coefficient (Wildman–Crippen LogP) is 3.47. The fraction of sp³-hybridized carbons (Fsp3) is 0.471. The van der Waals surface area contributed by atoms with Gasteiger partial charge >= 0.3 is 0 Å². The number of hydrogen-bond donors (Lipinski definition) is 1. The zero-order valence-corrected chi connectivity index (χ0v) is 13.5. The molecule has 0 radical (unpaired) electrons. The summed E-state index contributed by atoms with van der Waals surface area (Å²) in [5.41, 5.74) is 0.975. The van der Waals surface area contributed by atoms with Crippen molar-refractivity contribution in [1.29, 1.82) is 0 Å². The van der Waals surface area contributed by atoms with Gasteiger partial charge in [0.1, 0.15) is 11.6 Å². The van der Waals surface area contributed by atoms with E-state index in [4.69, 9.17) is 4.74 Å². The maximum Gasteiger partial charge on any atom is 0.218 e. The third-order valence-electron chi connectivity index (χ3n) is 2.97. The molecular formula is C17H24N4O. The van der Waals surface area contributed by atoms with Crippen molar-refractivity contribution in [2.45, 2.75) is 40.2 Å². The van der Waals surface area contributed by atoms with Gasteiger partial charge in [0.2, 0.25) is 5.88 Å². The van der Waals surface area contributed by atoms with Gasteiger partial charge in [0.15, 0.2) is 0 Å². The summed E-state index contributed by atoms with van der Waals surface area (Å²) < 4.78 is 5.66. The Morgan fingerprint density at radius 3 is 2.77 bits per heavy atom. The maximum atomic E-state index is 5.66. The van der Waals surface area contributed by atoms with Gasteiger partial charge in [-0.1, -0.05) is 26.8 Å². The minimum Gasteiger partial charge on any atom is -0.478 e. The highest BCUT2D eigenvalue weighted by atomic mass is 16.5. The van der Waals surface area contributed by atoms with Crippen LogP contribution in [0.1, 0.15) is 38.7 Å². The summed E-state index contributed by atoms with van der Waals surface area (Å²) in [4.78, 5) is 13.3. The molecule has 2 heterocycles. The van der Waals surface area contributed by atoms with Crippen LogP contribution in [0.5, 0.6) is 5.88 Å². The lowest BCUT2D eigenvalue weighted by molar-refractivity contribution is 0.303. The fourth-order valence-electron chi connectivity index (χ4n) is 1.98. The van der Waals surface area contributed by atoms with Crippen molar-refractivity contribution in [2.24, 2.45) is 5.92 Å². The molecule has 22 heavy (non-hydrogen) atoms. The standard InChI is InChI=1S/C17H24N4O/c1-4-9-22-17-11-15(20-16(21-17)10-13(2)3)19-12-14-7-5-6-8-18-14/h5-8,11,13H,4,9-10,12H2,1-3H3,(H,19,20,21). The predicted molar refractivity (Wildman–Crippen MR) is 87.9 cm³/mol. The molecule has 0 aliphatic carbocycles. The maximum absolute atomic E-state index is 5.66. The molecule has 0 atom stereocenters. The number of nitrogens with zero attached hydrogens (tertiary/aromatic N) is 3. The Labute approximate surface area is 132 Å². The first-order chi connectivity index (χ1) is 10.7. The van der Waals surface area contributed by atoms with Crippen LogP contribution >= 0.6 is 0 Å². The molecule has 5 heteroatoms. The molecule has 0 bridgehead atoms. The summed E-state index contributed by atoms with van der Waals surface area (Å²) in [5.74, 6) is 2.73. The van der Waals surface area contributed by atoms with E-state index < -0.39 is 0 Å². The molecule has 5 nitrogen and oxygen atoms in total. The van der Waals surface area contributed by atoms with E-state index >= 15 is 0 Å². The molecule has 118 valence electrons. The molecular weight excluding hydrogens is 276 g/mol. The van der Waals surface area contributed by atoms with Crippen LogP contribution in [-0.2, 0) is 13.0 Å². The molecule has 2 rings (SSSR count). The summed E-state index contributed by atoms with van der Waals surface area (Å²) in [6.45, 7) is 7.69. The molecule has 0 spiro atoms. The molecule has 1 N–H and O–H groups in total. The Hall–Kier alpha value is -2.17. The van der Waals surface area contributed by atoms with Crippen LogP contribution in [-0.4, -0.2) is 21.6 Å². The number of aromatic nitrogens is 3. The molecule has 0 aliphatic rings. The third kappa shape index (κ3) is 5.31. The monoisotopic (exact) mass is 300 g/mol. The summed E-state index contributed by atoms with van der Waals surface area (Å²) >= 11 is 0. The van der Waals surface area contributed by atoms with Gasteiger partial charge in [0.25, 0.3) is 0 Å². The number of nitrogens with one attached hydrogen (secondary N) is 1. The van der Waals surface area contributed by atoms with Gasteiger partial charge in [-0.15, -0.1) is 0 Å². The first-order valence-electron chi connectivity index (χ1n) is 7.82. The Balaban J connectivity index is 2.10. The van der Waals surface area contributed by atoms with E-state index in [1.54, 1.807) is 6.20 Å². The second kappa shape index (κ2) is 8.32. The van der Waals surface area contributed by atoms with Gasteiger partial charge in [-0.05, 0) is 24.5 Å². The van der Waals surface area contributed by atoms with Crippen LogP contribution in [0, 0.1) is 5.92 Å². The third-order valence-corrected chi connectivity index (χ3v) is 2.97. The summed E-state index contributed by atoms with van der Waals surface area (Å²) in [7, 11) is 0. The molecule has 0 saturated carbocycles. The lowest BCUT2D eigenvalue weighted by atomic mass is 10.1. The zero-order valence-electron chi connectivity index (χ0n) is 13.5. The van der Waals surface area contributed by atoms with Crippen molar-refractivity contribution in [3.8, 4) is 5.88 Å². The van der Waals surface area contributed by atoms with Gasteiger partial charge in [-0.3, -0.25) is 4.98 Å². The normalized spacial score (nSPS) is 10.7. The van der Waals surface area contributed by atoms with Gasteiger partial charge < -0.3 is 10.1 Å². The van der Waals surface area contributed by atoms with Crippen LogP contribution < -0.4 is 10.1 Å². The van der Waals surface area contributed by atoms with E-state index in [0.717, 1.165) is 30.2 Å². The molecule has 2 aromatic heterocycles. The summed E-state index contributed by atoms with van der Waals surface area (Å²) in [6.07, 6.45) is 3.58. The highest BCUT2D eigenvalue weighted by molar-refractivity contribution is 5.39. The van der Waals surface area contributed by atoms with Gasteiger partial charge in [0, 0.05) is 18.7 Å². The Morgan fingerprint density at radius 2 is 2.09 bits per heavy atom. The topological polar surface area (TPSA) is 59.9 Å². The fourth-order valence-corrected chi connectivity index (χ4v) is 1.98. The number of hydrogen-bond acceptors (Lipinski definition) is 5. The van der Waals surface area contributed by atoms with Gasteiger partial charge in [-0.25, -0.2) is 4.98 Å². The average molecular weight is 300 g/mol. The van der Waals surface area contributed by atoms with Crippen molar-refractivity contribution in [3.63, 3.8) is 0 Å². The first kappa shape index (κ1) is 16.2. The van der Waals surface area contributed by atoms with Crippen molar-refractivity contribution < 1.29 is 4.74 Å². The molecule has 0 amide bonds. The zero-order chi connectivity index (χ0) is 15.8. The molecule has 0 unspecified atom stereocenters. The Morgan fingerprint density at radius 1 is 1.23 bits per heavy atom. The molecule has 0 aromatic carbocycles. The molecule has 2 aromatic rings. The minimum absolute atomic E-state index is 0.505. The number of ether oxygens (including phenoxy) is 1. The van der Waals surface area contributed by atoms with Crippen LogP contribution in [0.25, 0.3) is 0 Å². The highest BCUT2D eigenvalue weighted by Crippen LogP contribution is 2.16. The summed E-state index contributed by atoms with van der Waals surface area (Å²) in [6, 6.07) is 7.72. The average Bonchev–Trinajstić information content (AvgIpc) is 2.51. The van der Waals surface area contributed by atoms with E-state index in [0.29, 0.717) is 24.9 Å². The molecule has 0 fully saturated rings. The molecule has 0 aliphatic heterocycles. The smallest absolute Gasteiger partial charge is 0.218 e. The van der Waals surface area contributed by atoms with Crippen molar-refractivity contribution in [3.05, 3.63) is 42.0 Å². The largest absolute Gasteiger partial charge is 0.478 e. The van der Waals surface area contributed by atoms with Crippen LogP contribution in [0.15, 0.2) is 30.5 Å². The van der Waals surface area contributed by atoms with E-state index in [9.17, 15) is 0 Å². The Bertz CT molecular complexity index is 572. The summed E-state index contributed by atoms with van der Waals surface area (Å²) in [5, 5.41) is 3.30. The van der Waals surface area contributed by atoms with E-state index in [-0.39, 0.29) is 0 Å². The van der Waals surface area contributed by atoms with Crippen molar-refractivity contribution in [2.75, 3.05) is 11.9 Å². The highest BCUT2D eigenvalue weighted by Gasteiger charge is 2.08. The van der Waals surface area contributed by atoms with Gasteiger partial charge in [-0.2, -0.15) is 4.98 Å². The van der Waals surface area contributed by atoms with E-state index in [1.165, 1.54) is 0 Å². The SMILES string of the molecule is CCCOc1cc(NCc2ccccn2)nc(CC(C)C)n1. The lowest BCUT2D eigenvalue weighted by Crippen LogP contribution is -2.09. The van der Waals surface area contributed by atoms with Crippen molar-refractivity contribution >= 4 is 5.82 Å². The van der Waals surface area contributed by atoms with E-state index in [2.05, 4.69) is 41.0 Å². The number of rotatable bonds is 8. The van der Waals surface area contributed by atoms with Crippen LogP contribution in [0.3, 0.4) is 0 Å².